The standard InChI is InChI=1S/C19H17ClFN5O/c20-13-1-2-15(21)12(9-13)11-26-7-3-14-16(4-8-26)24-18(25-19(14)27)17-10-22-5-6-23-17/h1-2,5-6,9-10H,3-4,7-8,11H2,(H,24,25,27). The largest absolute Gasteiger partial charge is 0.305 e. The summed E-state index contributed by atoms with van der Waals surface area (Å²) in [6, 6.07) is 4.56. The van der Waals surface area contributed by atoms with Crippen LogP contribution in [-0.2, 0) is 19.4 Å². The van der Waals surface area contributed by atoms with Gasteiger partial charge in [0.25, 0.3) is 5.56 Å². The molecular weight excluding hydrogens is 369 g/mol. The van der Waals surface area contributed by atoms with Crippen molar-refractivity contribution in [2.75, 3.05) is 13.1 Å². The molecule has 0 radical (unpaired) electrons. The Morgan fingerprint density at radius 1 is 1.22 bits per heavy atom. The molecule has 1 aromatic carbocycles. The smallest absolute Gasteiger partial charge is 0.254 e. The molecule has 3 heterocycles. The average molecular weight is 386 g/mol. The molecule has 4 rings (SSSR count). The van der Waals surface area contributed by atoms with Gasteiger partial charge in [-0.05, 0) is 24.6 Å². The highest BCUT2D eigenvalue weighted by Crippen LogP contribution is 2.19. The summed E-state index contributed by atoms with van der Waals surface area (Å²) < 4.78 is 14.0. The zero-order valence-electron chi connectivity index (χ0n) is 14.5. The molecule has 0 saturated carbocycles. The topological polar surface area (TPSA) is 74.8 Å². The number of fused-ring (bicyclic) bond motifs is 1. The van der Waals surface area contributed by atoms with Crippen LogP contribution in [0.5, 0.6) is 0 Å². The van der Waals surface area contributed by atoms with E-state index >= 15 is 0 Å². The highest BCUT2D eigenvalue weighted by atomic mass is 35.5. The highest BCUT2D eigenvalue weighted by molar-refractivity contribution is 6.30. The first kappa shape index (κ1) is 17.8. The van der Waals surface area contributed by atoms with E-state index in [1.165, 1.54) is 12.1 Å². The minimum atomic E-state index is -0.276. The summed E-state index contributed by atoms with van der Waals surface area (Å²) in [5, 5.41) is 0.510. The van der Waals surface area contributed by atoms with Gasteiger partial charge < -0.3 is 4.98 Å². The second-order valence-electron chi connectivity index (χ2n) is 6.44. The summed E-state index contributed by atoms with van der Waals surface area (Å²) in [6.07, 6.45) is 5.85. The summed E-state index contributed by atoms with van der Waals surface area (Å²) in [5.41, 5.74) is 2.36. The van der Waals surface area contributed by atoms with Gasteiger partial charge in [0, 0.05) is 54.6 Å². The summed E-state index contributed by atoms with van der Waals surface area (Å²) in [4.78, 5) is 30.2. The Kier molecular flexibility index (Phi) is 4.96. The molecule has 8 heteroatoms. The van der Waals surface area contributed by atoms with Crippen molar-refractivity contribution in [1.82, 2.24) is 24.8 Å². The normalized spacial score (nSPS) is 14.6. The van der Waals surface area contributed by atoms with Crippen molar-refractivity contribution in [3.63, 3.8) is 0 Å². The molecule has 0 fully saturated rings. The fourth-order valence-electron chi connectivity index (χ4n) is 3.26. The summed E-state index contributed by atoms with van der Waals surface area (Å²) in [5.74, 6) is 0.142. The first-order valence-corrected chi connectivity index (χ1v) is 9.02. The van der Waals surface area contributed by atoms with Crippen LogP contribution in [0.3, 0.4) is 0 Å². The van der Waals surface area contributed by atoms with E-state index in [-0.39, 0.29) is 11.4 Å². The van der Waals surface area contributed by atoms with Crippen LogP contribution in [0.4, 0.5) is 4.39 Å². The second-order valence-corrected chi connectivity index (χ2v) is 6.88. The van der Waals surface area contributed by atoms with Gasteiger partial charge in [-0.1, -0.05) is 11.6 Å². The monoisotopic (exact) mass is 385 g/mol. The Labute approximate surface area is 160 Å². The van der Waals surface area contributed by atoms with E-state index in [1.807, 2.05) is 0 Å². The van der Waals surface area contributed by atoms with E-state index in [4.69, 9.17) is 11.6 Å². The summed E-state index contributed by atoms with van der Waals surface area (Å²) in [6.45, 7) is 1.76. The maximum Gasteiger partial charge on any atom is 0.254 e. The lowest BCUT2D eigenvalue weighted by atomic mass is 10.1. The predicted molar refractivity (Wildman–Crippen MR) is 100.0 cm³/mol. The third-order valence-corrected chi connectivity index (χ3v) is 4.89. The number of aromatic nitrogens is 4. The van der Waals surface area contributed by atoms with Gasteiger partial charge >= 0.3 is 0 Å². The van der Waals surface area contributed by atoms with Crippen LogP contribution in [0, 0.1) is 5.82 Å². The molecular formula is C19H17ClFN5O. The fourth-order valence-corrected chi connectivity index (χ4v) is 3.46. The summed E-state index contributed by atoms with van der Waals surface area (Å²) >= 11 is 5.98. The van der Waals surface area contributed by atoms with Crippen LogP contribution in [-0.4, -0.2) is 37.9 Å². The van der Waals surface area contributed by atoms with Gasteiger partial charge in [-0.2, -0.15) is 0 Å². The molecule has 2 aromatic heterocycles. The van der Waals surface area contributed by atoms with Gasteiger partial charge in [-0.3, -0.25) is 14.7 Å². The lowest BCUT2D eigenvalue weighted by molar-refractivity contribution is 0.274. The Balaban J connectivity index is 1.57. The second kappa shape index (κ2) is 7.54. The molecule has 1 aliphatic rings. The number of benzene rings is 1. The molecule has 0 saturated heterocycles. The van der Waals surface area contributed by atoms with Crippen molar-refractivity contribution in [2.24, 2.45) is 0 Å². The molecule has 0 bridgehead atoms. The van der Waals surface area contributed by atoms with Crippen molar-refractivity contribution >= 4 is 11.6 Å². The van der Waals surface area contributed by atoms with E-state index in [0.29, 0.717) is 60.1 Å². The van der Waals surface area contributed by atoms with Gasteiger partial charge in [-0.15, -0.1) is 0 Å². The van der Waals surface area contributed by atoms with Crippen LogP contribution in [0.2, 0.25) is 5.02 Å². The lowest BCUT2D eigenvalue weighted by Gasteiger charge is -2.20. The molecule has 0 spiro atoms. The third-order valence-electron chi connectivity index (χ3n) is 4.65. The third kappa shape index (κ3) is 3.89. The zero-order valence-corrected chi connectivity index (χ0v) is 15.2. The van der Waals surface area contributed by atoms with Gasteiger partial charge in [0.05, 0.1) is 11.9 Å². The SMILES string of the molecule is O=c1[nH]c(-c2cnccn2)nc2c1CCN(Cc1cc(Cl)ccc1F)CC2. The van der Waals surface area contributed by atoms with Crippen LogP contribution in [0.15, 0.2) is 41.6 Å². The molecule has 1 aliphatic heterocycles. The van der Waals surface area contributed by atoms with Crippen molar-refractivity contribution < 1.29 is 4.39 Å². The van der Waals surface area contributed by atoms with Crippen molar-refractivity contribution in [1.29, 1.82) is 0 Å². The van der Waals surface area contributed by atoms with Crippen LogP contribution >= 0.6 is 11.6 Å². The fraction of sp³-hybridized carbons (Fsp3) is 0.263. The number of H-pyrrole nitrogens is 1. The number of hydrogen-bond donors (Lipinski definition) is 1. The Bertz CT molecular complexity index is 1020. The number of nitrogens with zero attached hydrogens (tertiary/aromatic N) is 4. The number of nitrogens with one attached hydrogen (secondary N) is 1. The maximum atomic E-state index is 14.0. The van der Waals surface area contributed by atoms with Crippen molar-refractivity contribution in [3.8, 4) is 11.5 Å². The molecule has 27 heavy (non-hydrogen) atoms. The average Bonchev–Trinajstić information content (AvgIpc) is 2.88. The Morgan fingerprint density at radius 2 is 2.07 bits per heavy atom. The minimum absolute atomic E-state index is 0.156. The van der Waals surface area contributed by atoms with E-state index < -0.39 is 0 Å². The van der Waals surface area contributed by atoms with Gasteiger partial charge in [0.1, 0.15) is 11.5 Å². The van der Waals surface area contributed by atoms with Crippen LogP contribution < -0.4 is 5.56 Å². The number of aromatic amines is 1. The van der Waals surface area contributed by atoms with Crippen LogP contribution in [0.1, 0.15) is 16.8 Å². The first-order chi connectivity index (χ1) is 13.1. The molecule has 0 aliphatic carbocycles. The first-order valence-electron chi connectivity index (χ1n) is 8.65. The van der Waals surface area contributed by atoms with Gasteiger partial charge in [-0.25, -0.2) is 14.4 Å². The van der Waals surface area contributed by atoms with Crippen molar-refractivity contribution in [2.45, 2.75) is 19.4 Å². The van der Waals surface area contributed by atoms with E-state index in [1.54, 1.807) is 24.7 Å². The molecule has 6 nitrogen and oxygen atoms in total. The van der Waals surface area contributed by atoms with Crippen LogP contribution in [0.25, 0.3) is 11.5 Å². The molecule has 0 amide bonds. The molecule has 1 N–H and O–H groups in total. The maximum absolute atomic E-state index is 14.0. The minimum Gasteiger partial charge on any atom is -0.305 e. The number of rotatable bonds is 3. The van der Waals surface area contributed by atoms with E-state index in [9.17, 15) is 9.18 Å². The molecule has 3 aromatic rings. The molecule has 0 atom stereocenters. The quantitative estimate of drug-likeness (QED) is 0.750. The zero-order chi connectivity index (χ0) is 18.8. The molecule has 0 unspecified atom stereocenters. The Morgan fingerprint density at radius 3 is 2.89 bits per heavy atom. The number of halogens is 2. The lowest BCUT2D eigenvalue weighted by Crippen LogP contribution is -2.26. The Hall–Kier alpha value is -2.64. The predicted octanol–water partition coefficient (Wildman–Crippen LogP) is 2.62. The number of hydrogen-bond acceptors (Lipinski definition) is 5. The summed E-state index contributed by atoms with van der Waals surface area (Å²) in [7, 11) is 0. The highest BCUT2D eigenvalue weighted by Gasteiger charge is 2.20. The van der Waals surface area contributed by atoms with E-state index in [0.717, 1.165) is 5.69 Å². The van der Waals surface area contributed by atoms with Gasteiger partial charge in [0.2, 0.25) is 0 Å². The van der Waals surface area contributed by atoms with Gasteiger partial charge in [0.15, 0.2) is 5.82 Å². The molecule has 138 valence electrons. The van der Waals surface area contributed by atoms with E-state index in [2.05, 4.69) is 24.8 Å². The van der Waals surface area contributed by atoms with Crippen molar-refractivity contribution in [3.05, 3.63) is 74.8 Å².